The van der Waals surface area contributed by atoms with Gasteiger partial charge in [-0.15, -0.1) is 0 Å². The summed E-state index contributed by atoms with van der Waals surface area (Å²) in [5.74, 6) is 0. The lowest BCUT2D eigenvalue weighted by atomic mass is 9.88. The molecule has 4 saturated heterocycles. The van der Waals surface area contributed by atoms with Crippen molar-refractivity contribution >= 4 is 177 Å². The Kier molecular flexibility index (Phi) is 15.4. The SMILES string of the molecule is CCC[C@]12C(=O)SC(=S)N1CCn1c2cc2ccccc21.CCC[C@]12C(=O)SC(=S)N1CCn1c2cc2ccccc21.CCC[C@]12C(=O)SC(=S)N1CCn1c2cc2ccccc21.CCC[C@]12C(=O)SC(=S)N1CCn1c2cc2ccccc21. The van der Waals surface area contributed by atoms with Gasteiger partial charge in [-0.3, -0.25) is 19.2 Å². The Bertz CT molecular complexity index is 3590. The second kappa shape index (κ2) is 22.4. The molecule has 4 fully saturated rings. The molecule has 16 rings (SSSR count). The zero-order chi connectivity index (χ0) is 58.5. The Hall–Kier alpha value is -5.32. The van der Waals surface area contributed by atoms with Gasteiger partial charge in [0, 0.05) is 74.4 Å². The van der Waals surface area contributed by atoms with Crippen molar-refractivity contribution in [1.29, 1.82) is 0 Å². The number of hydrogen-bond acceptors (Lipinski definition) is 12. The number of rotatable bonds is 8. The number of nitrogens with zero attached hydrogens (tertiary/aromatic N) is 8. The predicted molar refractivity (Wildman–Crippen MR) is 362 cm³/mol. The van der Waals surface area contributed by atoms with E-state index in [0.717, 1.165) is 144 Å². The summed E-state index contributed by atoms with van der Waals surface area (Å²) in [5.41, 5.74) is 7.17. The van der Waals surface area contributed by atoms with Crippen molar-refractivity contribution in [2.75, 3.05) is 26.2 Å². The van der Waals surface area contributed by atoms with Crippen LogP contribution in [0.15, 0.2) is 121 Å². The number of benzene rings is 4. The molecule has 12 nitrogen and oxygen atoms in total. The number of para-hydroxylation sites is 4. The summed E-state index contributed by atoms with van der Waals surface area (Å²) in [5, 5.41) is 5.61. The molecule has 8 aliphatic heterocycles. The van der Waals surface area contributed by atoms with Gasteiger partial charge in [0.1, 0.15) is 17.3 Å². The average molecular weight is 1270 g/mol. The maximum Gasteiger partial charge on any atom is 0.227 e. The van der Waals surface area contributed by atoms with Crippen molar-refractivity contribution in [3.05, 3.63) is 144 Å². The lowest BCUT2D eigenvalue weighted by Crippen LogP contribution is -2.52. The number of carbonyl (C=O) groups is 4. The highest BCUT2D eigenvalue weighted by atomic mass is 32.2. The molecule has 0 aliphatic carbocycles. The van der Waals surface area contributed by atoms with Gasteiger partial charge in [-0.25, -0.2) is 0 Å². The van der Waals surface area contributed by atoms with E-state index in [-0.39, 0.29) is 20.5 Å². The lowest BCUT2D eigenvalue weighted by molar-refractivity contribution is -0.121. The summed E-state index contributed by atoms with van der Waals surface area (Å²) in [6, 6.07) is 42.2. The largest absolute Gasteiger partial charge is 0.340 e. The number of thioether (sulfide) groups is 4. The molecule has 8 aromatic rings. The van der Waals surface area contributed by atoms with Crippen molar-refractivity contribution in [2.24, 2.45) is 0 Å². The zero-order valence-electron chi connectivity index (χ0n) is 47.3. The van der Waals surface area contributed by atoms with Gasteiger partial charge >= 0.3 is 0 Å². The smallest absolute Gasteiger partial charge is 0.227 e. The molecule has 4 aromatic carbocycles. The summed E-state index contributed by atoms with van der Waals surface area (Å²) in [7, 11) is 0. The van der Waals surface area contributed by atoms with Crippen LogP contribution in [-0.2, 0) is 67.5 Å². The highest BCUT2D eigenvalue weighted by Crippen LogP contribution is 2.53. The molecule has 4 atom stereocenters. The Morgan fingerprint density at radius 3 is 0.738 bits per heavy atom. The van der Waals surface area contributed by atoms with E-state index < -0.39 is 22.2 Å². The fraction of sp³-hybridized carbons (Fsp3) is 0.375. The van der Waals surface area contributed by atoms with Gasteiger partial charge in [0.05, 0.1) is 22.8 Å². The fourth-order valence-corrected chi connectivity index (χ4v) is 20.8. The summed E-state index contributed by atoms with van der Waals surface area (Å²) < 4.78 is 12.2. The molecule has 432 valence electrons. The van der Waals surface area contributed by atoms with Crippen LogP contribution in [0.2, 0.25) is 0 Å². The van der Waals surface area contributed by atoms with Gasteiger partial charge in [0.15, 0.2) is 22.2 Å². The predicted octanol–water partition coefficient (Wildman–Crippen LogP) is 14.0. The normalized spacial score (nSPS) is 24.5. The Morgan fingerprint density at radius 2 is 0.536 bits per heavy atom. The third-order valence-corrected chi connectivity index (χ3v) is 23.9. The first-order valence-electron chi connectivity index (χ1n) is 29.2. The van der Waals surface area contributed by atoms with Crippen LogP contribution in [0.5, 0.6) is 0 Å². The molecule has 20 heteroatoms. The first kappa shape index (κ1) is 57.7. The third-order valence-electron chi connectivity index (χ3n) is 18.4. The van der Waals surface area contributed by atoms with Crippen LogP contribution in [0.1, 0.15) is 102 Å². The van der Waals surface area contributed by atoms with Crippen LogP contribution in [-0.4, -0.2) is 102 Å². The molecular weight excluding hydrogens is 1200 g/mol. The second-order valence-corrected chi connectivity index (χ2v) is 29.1. The van der Waals surface area contributed by atoms with E-state index in [1.165, 1.54) is 90.7 Å². The fourth-order valence-electron chi connectivity index (χ4n) is 14.9. The van der Waals surface area contributed by atoms with Crippen LogP contribution in [0.4, 0.5) is 0 Å². The van der Waals surface area contributed by atoms with Gasteiger partial charge < -0.3 is 37.9 Å². The number of aromatic nitrogens is 4. The first-order valence-corrected chi connectivity index (χ1v) is 34.1. The van der Waals surface area contributed by atoms with Crippen molar-refractivity contribution in [3.8, 4) is 0 Å². The van der Waals surface area contributed by atoms with Crippen LogP contribution in [0.25, 0.3) is 43.6 Å². The Balaban J connectivity index is 0.000000104. The lowest BCUT2D eigenvalue weighted by Gasteiger charge is -2.42. The van der Waals surface area contributed by atoms with Gasteiger partial charge in [-0.2, -0.15) is 0 Å². The molecule has 0 spiro atoms. The highest BCUT2D eigenvalue weighted by Gasteiger charge is 2.59. The van der Waals surface area contributed by atoms with Gasteiger partial charge in [0.25, 0.3) is 0 Å². The van der Waals surface area contributed by atoms with E-state index in [2.05, 4.69) is 187 Å². The second-order valence-electron chi connectivity index (χ2n) is 22.6. The quantitative estimate of drug-likeness (QED) is 0.135. The van der Waals surface area contributed by atoms with Crippen molar-refractivity contribution in [1.82, 2.24) is 37.9 Å². The van der Waals surface area contributed by atoms with E-state index in [4.69, 9.17) is 48.9 Å². The summed E-state index contributed by atoms with van der Waals surface area (Å²) >= 11 is 26.8. The van der Waals surface area contributed by atoms with Crippen LogP contribution >= 0.6 is 95.9 Å². The summed E-state index contributed by atoms with van der Waals surface area (Å²) in [6.45, 7) is 15.4. The maximum atomic E-state index is 12.8. The number of hydrogen-bond donors (Lipinski definition) is 0. The minimum atomic E-state index is -0.548. The molecule has 0 radical (unpaired) electrons. The summed E-state index contributed by atoms with van der Waals surface area (Å²) in [4.78, 5) is 59.8. The van der Waals surface area contributed by atoms with E-state index in [1.54, 1.807) is 0 Å². The van der Waals surface area contributed by atoms with E-state index in [9.17, 15) is 19.2 Å². The molecule has 8 aliphatic rings. The minimum absolute atomic E-state index is 0.193. The molecule has 84 heavy (non-hydrogen) atoms. The topological polar surface area (TPSA) is 101 Å². The van der Waals surface area contributed by atoms with Crippen LogP contribution < -0.4 is 0 Å². The highest BCUT2D eigenvalue weighted by molar-refractivity contribution is 8.34. The monoisotopic (exact) mass is 1260 g/mol. The van der Waals surface area contributed by atoms with Crippen LogP contribution in [0.3, 0.4) is 0 Å². The zero-order valence-corrected chi connectivity index (χ0v) is 53.9. The van der Waals surface area contributed by atoms with Crippen molar-refractivity contribution in [3.63, 3.8) is 0 Å². The van der Waals surface area contributed by atoms with E-state index in [0.29, 0.717) is 0 Å². The van der Waals surface area contributed by atoms with Gasteiger partial charge in [-0.1, -0.05) is 175 Å². The molecule has 0 unspecified atom stereocenters. The Labute approximate surface area is 527 Å². The minimum Gasteiger partial charge on any atom is -0.340 e. The molecule has 0 amide bonds. The summed E-state index contributed by atoms with van der Waals surface area (Å²) in [6.07, 6.45) is 7.18. The standard InChI is InChI=1S/4C16H16N2OS2/c4*1-2-7-16-13-10-11-5-3-4-6-12(11)17(13)8-9-18(16)15(20)21-14(16)19/h4*3-6,10H,2,7-9H2,1H3/t4*16-/m0000/s1. The Morgan fingerprint density at radius 1 is 0.333 bits per heavy atom. The van der Waals surface area contributed by atoms with Gasteiger partial charge in [0.2, 0.25) is 20.5 Å². The van der Waals surface area contributed by atoms with E-state index >= 15 is 0 Å². The van der Waals surface area contributed by atoms with E-state index in [1.807, 2.05) is 0 Å². The molecule has 4 aromatic heterocycles. The maximum absolute atomic E-state index is 12.8. The third kappa shape index (κ3) is 8.55. The molecule has 0 N–H and O–H groups in total. The molecule has 0 bridgehead atoms. The molecule has 12 heterocycles. The van der Waals surface area contributed by atoms with Gasteiger partial charge in [-0.05, 0) is 143 Å². The number of thiocarbonyl (C=S) groups is 4. The van der Waals surface area contributed by atoms with Crippen LogP contribution in [0, 0.1) is 0 Å². The van der Waals surface area contributed by atoms with Crippen molar-refractivity contribution in [2.45, 2.75) is 127 Å². The number of carbonyl (C=O) groups excluding carboxylic acids is 4. The molecule has 0 saturated carbocycles. The first-order chi connectivity index (χ1) is 40.7. The molecular formula is C64H64N8O4S8. The van der Waals surface area contributed by atoms with Crippen molar-refractivity contribution < 1.29 is 19.2 Å². The average Bonchev–Trinajstić information content (AvgIpc) is 1.83. The number of fused-ring (bicyclic) bond motifs is 20.